The molecule has 0 saturated carbocycles. The normalized spacial score (nSPS) is 12.7. The molecular weight excluding hydrogens is 268 g/mol. The van der Waals surface area contributed by atoms with Crippen LogP contribution in [0.15, 0.2) is 24.3 Å². The molecule has 0 spiro atoms. The van der Waals surface area contributed by atoms with E-state index in [1.165, 1.54) is 6.07 Å². The van der Waals surface area contributed by atoms with Crippen LogP contribution in [0, 0.1) is 5.92 Å². The third kappa shape index (κ3) is 5.13. The predicted molar refractivity (Wildman–Crippen MR) is 70.8 cm³/mol. The Labute approximate surface area is 117 Å². The van der Waals surface area contributed by atoms with E-state index in [4.69, 9.17) is 5.11 Å². The summed E-state index contributed by atoms with van der Waals surface area (Å²) in [6, 6.07) is 6.54. The number of nitrogens with zero attached hydrogens (tertiary/aromatic N) is 1. The van der Waals surface area contributed by atoms with Gasteiger partial charge < -0.3 is 9.84 Å². The Bertz CT molecular complexity index is 440. The van der Waals surface area contributed by atoms with Crippen LogP contribution in [0.1, 0.15) is 19.4 Å². The molecular formula is C14H19F2NO3. The van der Waals surface area contributed by atoms with Crippen LogP contribution >= 0.6 is 0 Å². The summed E-state index contributed by atoms with van der Waals surface area (Å²) in [5.74, 6) is -1.26. The van der Waals surface area contributed by atoms with Crippen LogP contribution in [0.3, 0.4) is 0 Å². The number of para-hydroxylation sites is 1. The first kappa shape index (κ1) is 16.4. The van der Waals surface area contributed by atoms with Gasteiger partial charge in [-0.15, -0.1) is 0 Å². The highest BCUT2D eigenvalue weighted by atomic mass is 19.3. The maximum atomic E-state index is 12.3. The lowest BCUT2D eigenvalue weighted by molar-refractivity contribution is -0.141. The van der Waals surface area contributed by atoms with E-state index < -0.39 is 18.5 Å². The Hall–Kier alpha value is -1.69. The lowest BCUT2D eigenvalue weighted by Gasteiger charge is -2.23. The number of hydrogen-bond donors (Lipinski definition) is 1. The van der Waals surface area contributed by atoms with E-state index in [0.29, 0.717) is 25.2 Å². The van der Waals surface area contributed by atoms with Crippen LogP contribution in [-0.2, 0) is 11.3 Å². The number of hydrogen-bond acceptors (Lipinski definition) is 3. The van der Waals surface area contributed by atoms with Gasteiger partial charge in [-0.05, 0) is 12.6 Å². The van der Waals surface area contributed by atoms with E-state index in [1.807, 2.05) is 11.8 Å². The van der Waals surface area contributed by atoms with E-state index in [1.54, 1.807) is 25.1 Å². The molecule has 6 heteroatoms. The highest BCUT2D eigenvalue weighted by Gasteiger charge is 2.17. The van der Waals surface area contributed by atoms with Crippen LogP contribution in [-0.4, -0.2) is 35.7 Å². The molecule has 0 bridgehead atoms. The van der Waals surface area contributed by atoms with Gasteiger partial charge in [0.25, 0.3) is 0 Å². The van der Waals surface area contributed by atoms with E-state index in [-0.39, 0.29) is 5.75 Å². The Balaban J connectivity index is 2.76. The lowest BCUT2D eigenvalue weighted by Crippen LogP contribution is -2.31. The van der Waals surface area contributed by atoms with Crippen molar-refractivity contribution in [1.82, 2.24) is 4.90 Å². The van der Waals surface area contributed by atoms with Crippen molar-refractivity contribution in [3.05, 3.63) is 29.8 Å². The van der Waals surface area contributed by atoms with E-state index in [9.17, 15) is 13.6 Å². The van der Waals surface area contributed by atoms with Crippen LogP contribution < -0.4 is 4.74 Å². The van der Waals surface area contributed by atoms with E-state index >= 15 is 0 Å². The van der Waals surface area contributed by atoms with Gasteiger partial charge in [0.15, 0.2) is 0 Å². The van der Waals surface area contributed by atoms with Crippen LogP contribution in [0.5, 0.6) is 5.75 Å². The minimum atomic E-state index is -2.87. The predicted octanol–water partition coefficient (Wildman–Crippen LogP) is 2.83. The lowest BCUT2D eigenvalue weighted by atomic mass is 10.1. The van der Waals surface area contributed by atoms with Crippen molar-refractivity contribution in [2.75, 3.05) is 13.1 Å². The highest BCUT2D eigenvalue weighted by Crippen LogP contribution is 2.22. The number of ether oxygens (including phenoxy) is 1. The van der Waals surface area contributed by atoms with Gasteiger partial charge in [0.2, 0.25) is 0 Å². The van der Waals surface area contributed by atoms with Gasteiger partial charge in [0.1, 0.15) is 5.75 Å². The molecule has 1 atom stereocenters. The fraction of sp³-hybridized carbons (Fsp3) is 0.500. The number of aliphatic carboxylic acids is 1. The van der Waals surface area contributed by atoms with E-state index in [0.717, 1.165) is 0 Å². The molecule has 0 saturated heterocycles. The first-order chi connectivity index (χ1) is 9.43. The van der Waals surface area contributed by atoms with Crippen LogP contribution in [0.4, 0.5) is 8.78 Å². The molecule has 0 heterocycles. The summed E-state index contributed by atoms with van der Waals surface area (Å²) < 4.78 is 29.1. The summed E-state index contributed by atoms with van der Waals surface area (Å²) >= 11 is 0. The Morgan fingerprint density at radius 2 is 2.05 bits per heavy atom. The molecule has 0 aromatic heterocycles. The van der Waals surface area contributed by atoms with Crippen molar-refractivity contribution >= 4 is 5.97 Å². The average Bonchev–Trinajstić information content (AvgIpc) is 2.39. The number of carboxylic acids is 1. The molecule has 0 radical (unpaired) electrons. The number of carboxylic acid groups (broad SMARTS) is 1. The third-order valence-corrected chi connectivity index (χ3v) is 2.98. The Morgan fingerprint density at radius 1 is 1.40 bits per heavy atom. The molecule has 1 unspecified atom stereocenters. The highest BCUT2D eigenvalue weighted by molar-refractivity contribution is 5.69. The SMILES string of the molecule is CCN(Cc1ccccc1OC(F)F)CC(C)C(=O)O. The standard InChI is InChI=1S/C14H19F2NO3/c1-3-17(8-10(2)13(18)19)9-11-6-4-5-7-12(11)20-14(15)16/h4-7,10,14H,3,8-9H2,1-2H3,(H,18,19). The molecule has 112 valence electrons. The molecule has 4 nitrogen and oxygen atoms in total. The van der Waals surface area contributed by atoms with Gasteiger partial charge in [0, 0.05) is 18.7 Å². The van der Waals surface area contributed by atoms with Crippen molar-refractivity contribution in [3.63, 3.8) is 0 Å². The van der Waals surface area contributed by atoms with Crippen molar-refractivity contribution < 1.29 is 23.4 Å². The summed E-state index contributed by atoms with van der Waals surface area (Å²) in [6.45, 7) is 1.99. The molecule has 20 heavy (non-hydrogen) atoms. The zero-order valence-electron chi connectivity index (χ0n) is 11.6. The smallest absolute Gasteiger partial charge is 0.387 e. The molecule has 1 aromatic carbocycles. The molecule has 0 aliphatic heterocycles. The Morgan fingerprint density at radius 3 is 2.60 bits per heavy atom. The molecule has 1 N–H and O–H groups in total. The summed E-state index contributed by atoms with van der Waals surface area (Å²) in [4.78, 5) is 12.7. The van der Waals surface area contributed by atoms with Gasteiger partial charge >= 0.3 is 12.6 Å². The zero-order valence-corrected chi connectivity index (χ0v) is 11.6. The maximum absolute atomic E-state index is 12.3. The quantitative estimate of drug-likeness (QED) is 0.798. The third-order valence-electron chi connectivity index (χ3n) is 2.98. The first-order valence-electron chi connectivity index (χ1n) is 6.41. The van der Waals surface area contributed by atoms with Gasteiger partial charge in [-0.3, -0.25) is 9.69 Å². The fourth-order valence-electron chi connectivity index (χ4n) is 1.86. The molecule has 0 amide bonds. The van der Waals surface area contributed by atoms with Crippen LogP contribution in [0.2, 0.25) is 0 Å². The van der Waals surface area contributed by atoms with E-state index in [2.05, 4.69) is 4.74 Å². The number of carbonyl (C=O) groups is 1. The van der Waals surface area contributed by atoms with Gasteiger partial charge in [0.05, 0.1) is 5.92 Å². The van der Waals surface area contributed by atoms with Crippen molar-refractivity contribution in [1.29, 1.82) is 0 Å². The maximum Gasteiger partial charge on any atom is 0.387 e. The van der Waals surface area contributed by atoms with Crippen LogP contribution in [0.25, 0.3) is 0 Å². The monoisotopic (exact) mass is 287 g/mol. The second-order valence-corrected chi connectivity index (χ2v) is 4.55. The summed E-state index contributed by atoms with van der Waals surface area (Å²) in [5.41, 5.74) is 0.618. The molecule has 0 aliphatic carbocycles. The largest absolute Gasteiger partial charge is 0.481 e. The second-order valence-electron chi connectivity index (χ2n) is 4.55. The van der Waals surface area contributed by atoms with Gasteiger partial charge in [-0.25, -0.2) is 0 Å². The molecule has 1 aromatic rings. The number of rotatable bonds is 8. The molecule has 1 rings (SSSR count). The summed E-state index contributed by atoms with van der Waals surface area (Å²) in [6.07, 6.45) is 0. The zero-order chi connectivity index (χ0) is 15.1. The summed E-state index contributed by atoms with van der Waals surface area (Å²) in [7, 11) is 0. The minimum absolute atomic E-state index is 0.129. The molecule has 0 aliphatic rings. The first-order valence-corrected chi connectivity index (χ1v) is 6.41. The fourth-order valence-corrected chi connectivity index (χ4v) is 1.86. The number of alkyl halides is 2. The summed E-state index contributed by atoms with van der Waals surface area (Å²) in [5, 5.41) is 8.92. The Kier molecular flexibility index (Phi) is 6.38. The number of benzene rings is 1. The van der Waals surface area contributed by atoms with Crippen molar-refractivity contribution in [2.45, 2.75) is 27.0 Å². The average molecular weight is 287 g/mol. The topological polar surface area (TPSA) is 49.8 Å². The second kappa shape index (κ2) is 7.79. The minimum Gasteiger partial charge on any atom is -0.481 e. The van der Waals surface area contributed by atoms with Gasteiger partial charge in [-0.2, -0.15) is 8.78 Å². The molecule has 0 fully saturated rings. The number of halogens is 2. The van der Waals surface area contributed by atoms with Gasteiger partial charge in [-0.1, -0.05) is 32.0 Å². The van der Waals surface area contributed by atoms with Crippen molar-refractivity contribution in [3.8, 4) is 5.75 Å². The van der Waals surface area contributed by atoms with Crippen molar-refractivity contribution in [2.24, 2.45) is 5.92 Å².